The Kier molecular flexibility index (Phi) is 10.3. The fourth-order valence-electron chi connectivity index (χ4n) is 12.0. The van der Waals surface area contributed by atoms with Crippen LogP contribution in [0.1, 0.15) is 93.9 Å². The summed E-state index contributed by atoms with van der Waals surface area (Å²) in [7, 11) is 0. The molecule has 0 radical (unpaired) electrons. The molecule has 3 N–H and O–H groups in total. The van der Waals surface area contributed by atoms with Gasteiger partial charge in [0.25, 0.3) is 0 Å². The van der Waals surface area contributed by atoms with Gasteiger partial charge >= 0.3 is 17.9 Å². The number of aliphatic carboxylic acids is 1. The van der Waals surface area contributed by atoms with Crippen molar-refractivity contribution in [3.63, 3.8) is 0 Å². The molecule has 1 aliphatic heterocycles. The number of fused-ring (bicyclic) bond motifs is 3. The second-order valence-electron chi connectivity index (χ2n) is 17.3. The van der Waals surface area contributed by atoms with Crippen LogP contribution in [-0.2, 0) is 28.6 Å². The van der Waals surface area contributed by atoms with Crippen LogP contribution in [0.4, 0.5) is 0 Å². The lowest BCUT2D eigenvalue weighted by molar-refractivity contribution is -0.263. The SMILES string of the molecule is CC(=O)O[C@@H]1C[C@@]23COC[C@](C)([C@@H]2CC[C@H]2C3=CC[C@@]3(C)[C@H](C(=O)O)[C@@](C)([C@H](C)C(C)C)CC[C@]23C)[C@H]1OC(=O)CN(CCO)CCO. The van der Waals surface area contributed by atoms with Crippen molar-refractivity contribution in [2.24, 2.45) is 56.7 Å². The standard InChI is InChI=1S/C38H61NO9/c1-23(2)24(3)34(5)13-14-36(7)26-9-10-29-35(6)21-46-22-38(29,27(26)11-12-37(36,8)31(34)33(44)45)19-28(47-25(4)42)32(35)48-30(43)20-39(15-17-40)16-18-41/h11,23-24,26,28-29,31-32,40-41H,9-10,12-22H2,1-8H3,(H,44,45)/t24-,26+,28-,29+,31-,32+,34-,35-,36-,37+,38+/m1/s1. The minimum Gasteiger partial charge on any atom is -0.481 e. The van der Waals surface area contributed by atoms with Crippen molar-refractivity contribution in [2.75, 3.05) is 46.1 Å². The number of carboxylic acids is 1. The number of aliphatic hydroxyl groups is 2. The van der Waals surface area contributed by atoms with E-state index < -0.39 is 52.3 Å². The minimum atomic E-state index is -0.719. The number of carbonyl (C=O) groups is 3. The van der Waals surface area contributed by atoms with E-state index in [1.807, 2.05) is 0 Å². The average Bonchev–Trinajstić information content (AvgIpc) is 2.99. The van der Waals surface area contributed by atoms with E-state index in [-0.39, 0.29) is 61.4 Å². The molecule has 4 fully saturated rings. The van der Waals surface area contributed by atoms with Gasteiger partial charge in [0.15, 0.2) is 0 Å². The molecule has 11 atom stereocenters. The van der Waals surface area contributed by atoms with E-state index in [2.05, 4.69) is 54.5 Å². The molecule has 10 heteroatoms. The summed E-state index contributed by atoms with van der Waals surface area (Å²) in [6.45, 7) is 17.9. The van der Waals surface area contributed by atoms with Gasteiger partial charge in [0.2, 0.25) is 0 Å². The summed E-state index contributed by atoms with van der Waals surface area (Å²) in [6, 6.07) is 0. The highest BCUT2D eigenvalue weighted by atomic mass is 16.6. The van der Waals surface area contributed by atoms with Crippen LogP contribution in [-0.4, -0.2) is 96.4 Å². The number of hydrogen-bond donors (Lipinski definition) is 3. The molecule has 10 nitrogen and oxygen atoms in total. The summed E-state index contributed by atoms with van der Waals surface area (Å²) in [4.78, 5) is 41.0. The van der Waals surface area contributed by atoms with E-state index in [4.69, 9.17) is 14.2 Å². The zero-order chi connectivity index (χ0) is 35.4. The largest absolute Gasteiger partial charge is 0.481 e. The van der Waals surface area contributed by atoms with Crippen molar-refractivity contribution in [2.45, 2.75) is 106 Å². The molecule has 0 unspecified atom stereocenters. The molecule has 3 saturated carbocycles. The highest BCUT2D eigenvalue weighted by Crippen LogP contribution is 2.75. The number of nitrogens with zero attached hydrogens (tertiary/aromatic N) is 1. The van der Waals surface area contributed by atoms with E-state index in [9.17, 15) is 29.7 Å². The lowest BCUT2D eigenvalue weighted by Crippen LogP contribution is -2.70. The molecule has 0 amide bonds. The zero-order valence-corrected chi connectivity index (χ0v) is 30.5. The Morgan fingerprint density at radius 1 is 0.979 bits per heavy atom. The monoisotopic (exact) mass is 675 g/mol. The summed E-state index contributed by atoms with van der Waals surface area (Å²) in [5, 5.41) is 29.9. The summed E-state index contributed by atoms with van der Waals surface area (Å²) < 4.78 is 18.7. The average molecular weight is 676 g/mol. The van der Waals surface area contributed by atoms with Gasteiger partial charge in [-0.2, -0.15) is 0 Å². The topological polar surface area (TPSA) is 143 Å². The molecule has 272 valence electrons. The van der Waals surface area contributed by atoms with Gasteiger partial charge in [0, 0.05) is 30.8 Å². The summed E-state index contributed by atoms with van der Waals surface area (Å²) in [6.07, 6.45) is 5.72. The molecule has 5 aliphatic rings. The van der Waals surface area contributed by atoms with Crippen LogP contribution < -0.4 is 0 Å². The molecular formula is C38H61NO9. The van der Waals surface area contributed by atoms with E-state index in [1.54, 1.807) is 4.90 Å². The van der Waals surface area contributed by atoms with Crippen LogP contribution >= 0.6 is 0 Å². The van der Waals surface area contributed by atoms with Gasteiger partial charge in [-0.1, -0.05) is 60.1 Å². The van der Waals surface area contributed by atoms with Crippen LogP contribution in [0.15, 0.2) is 11.6 Å². The maximum atomic E-state index is 13.4. The fourth-order valence-corrected chi connectivity index (χ4v) is 12.0. The van der Waals surface area contributed by atoms with Gasteiger partial charge in [-0.15, -0.1) is 0 Å². The third-order valence-corrected chi connectivity index (χ3v) is 14.8. The lowest BCUT2D eigenvalue weighted by atomic mass is 9.34. The summed E-state index contributed by atoms with van der Waals surface area (Å²) >= 11 is 0. The van der Waals surface area contributed by atoms with Crippen LogP contribution in [0, 0.1) is 56.7 Å². The molecule has 1 heterocycles. The van der Waals surface area contributed by atoms with E-state index in [0.29, 0.717) is 32.0 Å². The Balaban J connectivity index is 1.53. The predicted molar refractivity (Wildman–Crippen MR) is 180 cm³/mol. The van der Waals surface area contributed by atoms with Crippen molar-refractivity contribution in [1.82, 2.24) is 4.90 Å². The number of ether oxygens (including phenoxy) is 3. The van der Waals surface area contributed by atoms with Gasteiger partial charge in [-0.3, -0.25) is 19.3 Å². The minimum absolute atomic E-state index is 0.0968. The number of esters is 2. The first-order valence-electron chi connectivity index (χ1n) is 18.3. The smallest absolute Gasteiger partial charge is 0.320 e. The second-order valence-corrected chi connectivity index (χ2v) is 17.3. The van der Waals surface area contributed by atoms with Crippen molar-refractivity contribution in [3.8, 4) is 0 Å². The van der Waals surface area contributed by atoms with Gasteiger partial charge in [0.1, 0.15) is 12.2 Å². The molecule has 0 aromatic heterocycles. The molecular weight excluding hydrogens is 614 g/mol. The lowest BCUT2D eigenvalue weighted by Gasteiger charge is -2.71. The fraction of sp³-hybridized carbons (Fsp3) is 0.868. The van der Waals surface area contributed by atoms with E-state index in [1.165, 1.54) is 12.5 Å². The Bertz CT molecular complexity index is 1280. The third kappa shape index (κ3) is 5.65. The number of carbonyl (C=O) groups excluding carboxylic acids is 2. The van der Waals surface area contributed by atoms with E-state index in [0.717, 1.165) is 25.7 Å². The Morgan fingerprint density at radius 3 is 2.23 bits per heavy atom. The normalized spacial score (nSPS) is 42.6. The van der Waals surface area contributed by atoms with Crippen LogP contribution in [0.5, 0.6) is 0 Å². The number of hydrogen-bond acceptors (Lipinski definition) is 9. The van der Waals surface area contributed by atoms with Gasteiger partial charge < -0.3 is 29.5 Å². The highest BCUT2D eigenvalue weighted by molar-refractivity contribution is 5.73. The molecule has 2 bridgehead atoms. The van der Waals surface area contributed by atoms with Crippen LogP contribution in [0.2, 0.25) is 0 Å². The number of aliphatic hydroxyl groups excluding tert-OH is 2. The van der Waals surface area contributed by atoms with Gasteiger partial charge in [-0.05, 0) is 78.4 Å². The predicted octanol–water partition coefficient (Wildman–Crippen LogP) is 4.71. The van der Waals surface area contributed by atoms with Crippen molar-refractivity contribution >= 4 is 17.9 Å². The first-order chi connectivity index (χ1) is 22.4. The maximum absolute atomic E-state index is 13.4. The highest BCUT2D eigenvalue weighted by Gasteiger charge is 2.72. The Morgan fingerprint density at radius 2 is 1.65 bits per heavy atom. The first kappa shape index (κ1) is 37.3. The van der Waals surface area contributed by atoms with Crippen LogP contribution in [0.25, 0.3) is 0 Å². The second kappa shape index (κ2) is 13.3. The first-order valence-corrected chi connectivity index (χ1v) is 18.3. The summed E-state index contributed by atoms with van der Waals surface area (Å²) in [5.41, 5.74) is -0.731. The molecule has 0 spiro atoms. The number of allylic oxidation sites excluding steroid dienone is 1. The summed E-state index contributed by atoms with van der Waals surface area (Å²) in [5.74, 6) is -1.17. The molecule has 4 aliphatic carbocycles. The van der Waals surface area contributed by atoms with Crippen molar-refractivity contribution in [1.29, 1.82) is 0 Å². The Hall–Kier alpha value is -2.01. The van der Waals surface area contributed by atoms with Gasteiger partial charge in [-0.25, -0.2) is 0 Å². The quantitative estimate of drug-likeness (QED) is 0.208. The number of carboxylic acid groups (broad SMARTS) is 1. The zero-order valence-electron chi connectivity index (χ0n) is 30.5. The third-order valence-electron chi connectivity index (χ3n) is 14.8. The van der Waals surface area contributed by atoms with Crippen molar-refractivity contribution < 1.29 is 43.9 Å². The molecule has 5 rings (SSSR count). The van der Waals surface area contributed by atoms with Gasteiger partial charge in [0.05, 0.1) is 38.9 Å². The Labute approximate surface area is 286 Å². The molecule has 48 heavy (non-hydrogen) atoms. The van der Waals surface area contributed by atoms with Crippen molar-refractivity contribution in [3.05, 3.63) is 11.6 Å². The molecule has 1 saturated heterocycles. The molecule has 0 aromatic rings. The maximum Gasteiger partial charge on any atom is 0.320 e. The molecule has 0 aromatic carbocycles. The number of rotatable bonds is 11. The van der Waals surface area contributed by atoms with E-state index >= 15 is 0 Å². The van der Waals surface area contributed by atoms with Crippen LogP contribution in [0.3, 0.4) is 0 Å².